The molecular formula is C16H20N2O4. The van der Waals surface area contributed by atoms with Crippen LogP contribution in [-0.4, -0.2) is 35.0 Å². The first-order valence-corrected chi connectivity index (χ1v) is 7.14. The van der Waals surface area contributed by atoms with Crippen LogP contribution >= 0.6 is 0 Å². The molecule has 1 fully saturated rings. The van der Waals surface area contributed by atoms with E-state index in [4.69, 9.17) is 5.11 Å². The fourth-order valence-corrected chi connectivity index (χ4v) is 2.41. The van der Waals surface area contributed by atoms with Crippen molar-refractivity contribution in [3.63, 3.8) is 0 Å². The molecule has 1 aliphatic heterocycles. The minimum atomic E-state index is -0.993. The van der Waals surface area contributed by atoms with Gasteiger partial charge in [-0.25, -0.2) is 0 Å². The zero-order valence-electron chi connectivity index (χ0n) is 12.9. The second kappa shape index (κ2) is 5.79. The van der Waals surface area contributed by atoms with Crippen molar-refractivity contribution in [1.82, 2.24) is 5.32 Å². The first-order valence-electron chi connectivity index (χ1n) is 7.14. The summed E-state index contributed by atoms with van der Waals surface area (Å²) in [5, 5.41) is 11.9. The Morgan fingerprint density at radius 2 is 1.91 bits per heavy atom. The number of nitrogens with one attached hydrogen (secondary N) is 1. The van der Waals surface area contributed by atoms with E-state index in [1.54, 1.807) is 24.3 Å². The zero-order chi connectivity index (χ0) is 16.5. The molecule has 1 aromatic rings. The molecule has 1 aliphatic rings. The molecule has 1 heterocycles. The summed E-state index contributed by atoms with van der Waals surface area (Å²) in [5.74, 6) is -2.28. The average molecular weight is 304 g/mol. The van der Waals surface area contributed by atoms with Gasteiger partial charge in [-0.15, -0.1) is 0 Å². The fourth-order valence-electron chi connectivity index (χ4n) is 2.41. The topological polar surface area (TPSA) is 86.7 Å². The largest absolute Gasteiger partial charge is 0.481 e. The first-order chi connectivity index (χ1) is 10.2. The van der Waals surface area contributed by atoms with Crippen LogP contribution in [0.2, 0.25) is 0 Å². The van der Waals surface area contributed by atoms with Gasteiger partial charge in [-0.3, -0.25) is 14.4 Å². The van der Waals surface area contributed by atoms with Crippen LogP contribution in [0.3, 0.4) is 0 Å². The lowest BCUT2D eigenvalue weighted by Crippen LogP contribution is -2.41. The number of aliphatic carboxylic acids is 1. The third kappa shape index (κ3) is 3.44. The zero-order valence-corrected chi connectivity index (χ0v) is 12.9. The summed E-state index contributed by atoms with van der Waals surface area (Å²) >= 11 is 0. The van der Waals surface area contributed by atoms with Crippen molar-refractivity contribution in [2.45, 2.75) is 32.7 Å². The monoisotopic (exact) mass is 304 g/mol. The van der Waals surface area contributed by atoms with Crippen LogP contribution in [0, 0.1) is 5.92 Å². The van der Waals surface area contributed by atoms with E-state index in [0.29, 0.717) is 11.3 Å². The number of hydrogen-bond acceptors (Lipinski definition) is 3. The second-order valence-electron chi connectivity index (χ2n) is 6.46. The first kappa shape index (κ1) is 16.0. The molecule has 0 spiro atoms. The standard InChI is InChI=1S/C16H20N2O4/c1-16(2,3)17-14(20)11-6-4-5-7-12(11)18-9-10(15(21)22)8-13(18)19/h4-7,10H,8-9H2,1-3H3,(H,17,20)(H,21,22). The molecule has 2 N–H and O–H groups in total. The van der Waals surface area contributed by atoms with Crippen LogP contribution in [0.15, 0.2) is 24.3 Å². The lowest BCUT2D eigenvalue weighted by atomic mass is 10.1. The van der Waals surface area contributed by atoms with E-state index >= 15 is 0 Å². The molecule has 6 nitrogen and oxygen atoms in total. The van der Waals surface area contributed by atoms with Gasteiger partial charge in [0.05, 0.1) is 17.2 Å². The summed E-state index contributed by atoms with van der Waals surface area (Å²) in [5.41, 5.74) is 0.429. The van der Waals surface area contributed by atoms with Crippen molar-refractivity contribution < 1.29 is 19.5 Å². The maximum Gasteiger partial charge on any atom is 0.308 e. The molecule has 118 valence electrons. The van der Waals surface area contributed by atoms with E-state index in [2.05, 4.69) is 5.32 Å². The van der Waals surface area contributed by atoms with E-state index < -0.39 is 17.4 Å². The van der Waals surface area contributed by atoms with Crippen molar-refractivity contribution in [2.75, 3.05) is 11.4 Å². The highest BCUT2D eigenvalue weighted by Crippen LogP contribution is 2.28. The van der Waals surface area contributed by atoms with Gasteiger partial charge in [-0.1, -0.05) is 12.1 Å². The molecule has 1 unspecified atom stereocenters. The molecule has 0 bridgehead atoms. The van der Waals surface area contributed by atoms with Crippen LogP contribution < -0.4 is 10.2 Å². The molecule has 2 rings (SSSR count). The lowest BCUT2D eigenvalue weighted by Gasteiger charge is -2.24. The van der Waals surface area contributed by atoms with Gasteiger partial charge in [-0.2, -0.15) is 0 Å². The van der Waals surface area contributed by atoms with E-state index in [-0.39, 0.29) is 24.8 Å². The Bertz CT molecular complexity index is 619. The summed E-state index contributed by atoms with van der Waals surface area (Å²) in [4.78, 5) is 36.9. The molecule has 2 amide bonds. The number of nitrogens with zero attached hydrogens (tertiary/aromatic N) is 1. The van der Waals surface area contributed by atoms with Crippen molar-refractivity contribution in [1.29, 1.82) is 0 Å². The molecular weight excluding hydrogens is 284 g/mol. The number of para-hydroxylation sites is 1. The number of carbonyl (C=O) groups is 3. The fraction of sp³-hybridized carbons (Fsp3) is 0.438. The highest BCUT2D eigenvalue weighted by atomic mass is 16.4. The highest BCUT2D eigenvalue weighted by Gasteiger charge is 2.36. The van der Waals surface area contributed by atoms with E-state index in [1.807, 2.05) is 20.8 Å². The van der Waals surface area contributed by atoms with E-state index in [0.717, 1.165) is 0 Å². The Balaban J connectivity index is 2.31. The molecule has 0 aliphatic carbocycles. The Morgan fingerprint density at radius 3 is 2.45 bits per heavy atom. The lowest BCUT2D eigenvalue weighted by molar-refractivity contribution is -0.141. The van der Waals surface area contributed by atoms with Gasteiger partial charge in [0.25, 0.3) is 5.91 Å². The van der Waals surface area contributed by atoms with Gasteiger partial charge in [0.15, 0.2) is 0 Å². The number of benzene rings is 1. The van der Waals surface area contributed by atoms with Crippen LogP contribution in [0.4, 0.5) is 5.69 Å². The summed E-state index contributed by atoms with van der Waals surface area (Å²) in [6.45, 7) is 5.70. The second-order valence-corrected chi connectivity index (χ2v) is 6.46. The van der Waals surface area contributed by atoms with Gasteiger partial charge in [0, 0.05) is 18.5 Å². The molecule has 1 atom stereocenters. The normalized spacial score (nSPS) is 18.4. The summed E-state index contributed by atoms with van der Waals surface area (Å²) in [6.07, 6.45) is -0.0371. The third-order valence-corrected chi connectivity index (χ3v) is 3.40. The van der Waals surface area contributed by atoms with Crippen LogP contribution in [-0.2, 0) is 9.59 Å². The van der Waals surface area contributed by atoms with Gasteiger partial charge >= 0.3 is 5.97 Å². The minimum absolute atomic E-state index is 0.0371. The third-order valence-electron chi connectivity index (χ3n) is 3.40. The number of carboxylic acid groups (broad SMARTS) is 1. The number of rotatable bonds is 3. The van der Waals surface area contributed by atoms with Crippen LogP contribution in [0.5, 0.6) is 0 Å². The number of hydrogen-bond donors (Lipinski definition) is 2. The quantitative estimate of drug-likeness (QED) is 0.889. The summed E-state index contributed by atoms with van der Waals surface area (Å²) < 4.78 is 0. The molecule has 0 aromatic heterocycles. The summed E-state index contributed by atoms with van der Waals surface area (Å²) in [7, 11) is 0. The van der Waals surface area contributed by atoms with Gasteiger partial charge < -0.3 is 15.3 Å². The Morgan fingerprint density at radius 1 is 1.27 bits per heavy atom. The number of amides is 2. The van der Waals surface area contributed by atoms with E-state index in [1.165, 1.54) is 4.90 Å². The smallest absolute Gasteiger partial charge is 0.308 e. The number of anilines is 1. The maximum atomic E-state index is 12.4. The Kier molecular flexibility index (Phi) is 4.21. The van der Waals surface area contributed by atoms with Gasteiger partial charge in [0.1, 0.15) is 0 Å². The predicted molar refractivity (Wildman–Crippen MR) is 81.8 cm³/mol. The highest BCUT2D eigenvalue weighted by molar-refractivity contribution is 6.07. The SMILES string of the molecule is CC(C)(C)NC(=O)c1ccccc1N1CC(C(=O)O)CC1=O. The molecule has 0 saturated carbocycles. The van der Waals surface area contributed by atoms with Gasteiger partial charge in [0.2, 0.25) is 5.91 Å². The summed E-state index contributed by atoms with van der Waals surface area (Å²) in [6, 6.07) is 6.75. The molecule has 6 heteroatoms. The van der Waals surface area contributed by atoms with E-state index in [9.17, 15) is 14.4 Å². The Hall–Kier alpha value is -2.37. The van der Waals surface area contributed by atoms with Crippen LogP contribution in [0.1, 0.15) is 37.6 Å². The van der Waals surface area contributed by atoms with Crippen molar-refractivity contribution in [3.8, 4) is 0 Å². The van der Waals surface area contributed by atoms with Crippen molar-refractivity contribution in [2.24, 2.45) is 5.92 Å². The maximum absolute atomic E-state index is 12.4. The molecule has 1 saturated heterocycles. The molecule has 1 aromatic carbocycles. The van der Waals surface area contributed by atoms with Crippen molar-refractivity contribution >= 4 is 23.5 Å². The molecule has 22 heavy (non-hydrogen) atoms. The number of carboxylic acids is 1. The molecule has 0 radical (unpaired) electrons. The van der Waals surface area contributed by atoms with Gasteiger partial charge in [-0.05, 0) is 32.9 Å². The predicted octanol–water partition coefficient (Wildman–Crippen LogP) is 1.65. The average Bonchev–Trinajstić information content (AvgIpc) is 2.79. The Labute approximate surface area is 129 Å². The van der Waals surface area contributed by atoms with Crippen LogP contribution in [0.25, 0.3) is 0 Å². The number of carbonyl (C=O) groups excluding carboxylic acids is 2. The minimum Gasteiger partial charge on any atom is -0.481 e. The van der Waals surface area contributed by atoms with Crippen molar-refractivity contribution in [3.05, 3.63) is 29.8 Å².